The second-order valence-corrected chi connectivity index (χ2v) is 7.23. The standard InChI is InChI=1S/C19H15F3N2O3/c1-3-18-7-6-17(2,27-18)13-14(18)16(26)24(15(13)25)11-5-4-10(9-23)12(8-11)19(20,21)22/h4-8,13-14H,3H2,1-2H3/t13-,14+,17?,18?/m0/s1. The predicted octanol–water partition coefficient (Wildman–Crippen LogP) is 3.19. The lowest BCUT2D eigenvalue weighted by Gasteiger charge is -2.28. The first-order valence-corrected chi connectivity index (χ1v) is 8.48. The fraction of sp³-hybridized carbons (Fsp3) is 0.421. The summed E-state index contributed by atoms with van der Waals surface area (Å²) in [5.74, 6) is -2.70. The van der Waals surface area contributed by atoms with Gasteiger partial charge in [0.25, 0.3) is 0 Å². The Morgan fingerprint density at radius 3 is 2.48 bits per heavy atom. The molecule has 3 aliphatic rings. The first-order chi connectivity index (χ1) is 12.6. The molecule has 0 radical (unpaired) electrons. The van der Waals surface area contributed by atoms with Gasteiger partial charge in [-0.25, -0.2) is 4.90 Å². The zero-order valence-electron chi connectivity index (χ0n) is 14.5. The van der Waals surface area contributed by atoms with E-state index >= 15 is 0 Å². The Balaban J connectivity index is 1.81. The van der Waals surface area contributed by atoms with Gasteiger partial charge in [0, 0.05) is 0 Å². The molecule has 1 aromatic carbocycles. The Morgan fingerprint density at radius 1 is 1.22 bits per heavy atom. The highest BCUT2D eigenvalue weighted by molar-refractivity contribution is 6.23. The van der Waals surface area contributed by atoms with Crippen LogP contribution in [0.1, 0.15) is 31.4 Å². The highest BCUT2D eigenvalue weighted by atomic mass is 19.4. The molecule has 0 saturated carbocycles. The Kier molecular flexibility index (Phi) is 3.41. The summed E-state index contributed by atoms with van der Waals surface area (Å²) in [6, 6.07) is 4.35. The second kappa shape index (κ2) is 5.20. The van der Waals surface area contributed by atoms with Crippen molar-refractivity contribution in [3.8, 4) is 6.07 Å². The van der Waals surface area contributed by atoms with E-state index in [4.69, 9.17) is 10.00 Å². The fourth-order valence-corrected chi connectivity index (χ4v) is 4.53. The number of anilines is 1. The van der Waals surface area contributed by atoms with Crippen molar-refractivity contribution in [2.75, 3.05) is 4.90 Å². The van der Waals surface area contributed by atoms with E-state index in [-0.39, 0.29) is 5.69 Å². The maximum atomic E-state index is 13.3. The summed E-state index contributed by atoms with van der Waals surface area (Å²) in [4.78, 5) is 26.9. The van der Waals surface area contributed by atoms with Gasteiger partial charge >= 0.3 is 6.18 Å². The quantitative estimate of drug-likeness (QED) is 0.587. The van der Waals surface area contributed by atoms with Crippen LogP contribution in [0.3, 0.4) is 0 Å². The number of imide groups is 1. The van der Waals surface area contributed by atoms with Crippen molar-refractivity contribution in [2.24, 2.45) is 11.8 Å². The van der Waals surface area contributed by atoms with E-state index in [9.17, 15) is 22.8 Å². The lowest BCUT2D eigenvalue weighted by Crippen LogP contribution is -2.40. The van der Waals surface area contributed by atoms with Crippen LogP contribution in [0, 0.1) is 23.2 Å². The van der Waals surface area contributed by atoms with Crippen LogP contribution in [0.5, 0.6) is 0 Å². The molecular formula is C19H15F3N2O3. The van der Waals surface area contributed by atoms with Crippen LogP contribution < -0.4 is 4.90 Å². The molecule has 8 heteroatoms. The number of rotatable bonds is 2. The number of hydrogen-bond donors (Lipinski definition) is 0. The number of benzene rings is 1. The zero-order chi connectivity index (χ0) is 19.8. The van der Waals surface area contributed by atoms with Gasteiger partial charge in [-0.2, -0.15) is 18.4 Å². The van der Waals surface area contributed by atoms with Crippen molar-refractivity contribution in [2.45, 2.75) is 37.6 Å². The fourth-order valence-electron chi connectivity index (χ4n) is 4.53. The molecule has 4 rings (SSSR count). The number of carbonyl (C=O) groups is 2. The molecule has 0 aliphatic carbocycles. The van der Waals surface area contributed by atoms with Crippen LogP contribution in [0.4, 0.5) is 18.9 Å². The molecule has 0 spiro atoms. The van der Waals surface area contributed by atoms with Crippen LogP contribution in [-0.2, 0) is 20.5 Å². The maximum absolute atomic E-state index is 13.3. The minimum atomic E-state index is -4.77. The Hall–Kier alpha value is -2.66. The lowest BCUT2D eigenvalue weighted by atomic mass is 9.71. The molecule has 1 aromatic rings. The third-order valence-electron chi connectivity index (χ3n) is 5.80. The maximum Gasteiger partial charge on any atom is 0.417 e. The minimum Gasteiger partial charge on any atom is -0.359 e. The van der Waals surface area contributed by atoms with Crippen LogP contribution in [-0.4, -0.2) is 23.0 Å². The molecule has 0 N–H and O–H groups in total. The number of nitriles is 1. The molecule has 3 aliphatic heterocycles. The van der Waals surface area contributed by atoms with Crippen molar-refractivity contribution in [1.82, 2.24) is 0 Å². The lowest BCUT2D eigenvalue weighted by molar-refractivity contribution is -0.138. The van der Waals surface area contributed by atoms with E-state index in [1.54, 1.807) is 19.1 Å². The van der Waals surface area contributed by atoms with E-state index in [1.807, 2.05) is 6.92 Å². The highest BCUT2D eigenvalue weighted by Gasteiger charge is 2.71. The smallest absolute Gasteiger partial charge is 0.359 e. The number of fused-ring (bicyclic) bond motifs is 5. The summed E-state index contributed by atoms with van der Waals surface area (Å²) in [6.45, 7) is 3.54. The summed E-state index contributed by atoms with van der Waals surface area (Å²) in [7, 11) is 0. The number of ether oxygens (including phenoxy) is 1. The van der Waals surface area contributed by atoms with E-state index in [0.29, 0.717) is 12.5 Å². The number of amides is 2. The van der Waals surface area contributed by atoms with Crippen LogP contribution >= 0.6 is 0 Å². The highest BCUT2D eigenvalue weighted by Crippen LogP contribution is 2.58. The molecule has 3 heterocycles. The number of carbonyl (C=O) groups excluding carboxylic acids is 2. The Morgan fingerprint density at radius 2 is 1.89 bits per heavy atom. The van der Waals surface area contributed by atoms with Gasteiger partial charge in [-0.3, -0.25) is 9.59 Å². The predicted molar refractivity (Wildman–Crippen MR) is 87.3 cm³/mol. The molecule has 2 unspecified atom stereocenters. The SMILES string of the molecule is CCC12C=CC(C)(O1)[C@@H]1C(=O)N(c3ccc(C#N)c(C(F)(F)F)c3)C(=O)[C@@H]12. The second-order valence-electron chi connectivity index (χ2n) is 7.23. The van der Waals surface area contributed by atoms with Gasteiger partial charge in [0.2, 0.25) is 11.8 Å². The topological polar surface area (TPSA) is 70.4 Å². The molecule has 2 bridgehead atoms. The van der Waals surface area contributed by atoms with Crippen molar-refractivity contribution in [3.05, 3.63) is 41.5 Å². The third kappa shape index (κ3) is 2.15. The largest absolute Gasteiger partial charge is 0.417 e. The van der Waals surface area contributed by atoms with Crippen LogP contribution in [0.15, 0.2) is 30.4 Å². The first-order valence-electron chi connectivity index (χ1n) is 8.48. The van der Waals surface area contributed by atoms with Crippen molar-refractivity contribution >= 4 is 17.5 Å². The van der Waals surface area contributed by atoms with Gasteiger partial charge < -0.3 is 4.74 Å². The summed E-state index contributed by atoms with van der Waals surface area (Å²) in [5, 5.41) is 8.93. The van der Waals surface area contributed by atoms with Crippen molar-refractivity contribution in [3.63, 3.8) is 0 Å². The normalized spacial score (nSPS) is 34.3. The van der Waals surface area contributed by atoms with Crippen molar-refractivity contribution in [1.29, 1.82) is 5.26 Å². The van der Waals surface area contributed by atoms with E-state index in [0.717, 1.165) is 11.0 Å². The molecule has 2 amide bonds. The minimum absolute atomic E-state index is 0.181. The Labute approximate surface area is 153 Å². The number of nitrogens with zero attached hydrogens (tertiary/aromatic N) is 2. The monoisotopic (exact) mass is 376 g/mol. The number of hydrogen-bond acceptors (Lipinski definition) is 4. The molecule has 4 atom stereocenters. The number of halogens is 3. The average molecular weight is 376 g/mol. The Bertz CT molecular complexity index is 948. The van der Waals surface area contributed by atoms with Crippen LogP contribution in [0.2, 0.25) is 0 Å². The van der Waals surface area contributed by atoms with Gasteiger partial charge in [0.1, 0.15) is 0 Å². The van der Waals surface area contributed by atoms with E-state index < -0.39 is 52.2 Å². The molecule has 0 aromatic heterocycles. The van der Waals surface area contributed by atoms with Gasteiger partial charge in [-0.15, -0.1) is 0 Å². The summed E-state index contributed by atoms with van der Waals surface area (Å²) >= 11 is 0. The summed E-state index contributed by atoms with van der Waals surface area (Å²) < 4.78 is 45.8. The zero-order valence-corrected chi connectivity index (χ0v) is 14.5. The van der Waals surface area contributed by atoms with Gasteiger partial charge in [-0.1, -0.05) is 19.1 Å². The molecule has 27 heavy (non-hydrogen) atoms. The molecule has 5 nitrogen and oxygen atoms in total. The molecule has 140 valence electrons. The van der Waals surface area contributed by atoms with Gasteiger partial charge in [-0.05, 0) is 31.5 Å². The molecular weight excluding hydrogens is 361 g/mol. The first kappa shape index (κ1) is 17.7. The van der Waals surface area contributed by atoms with Gasteiger partial charge in [0.05, 0.1) is 45.9 Å². The molecule has 2 saturated heterocycles. The third-order valence-corrected chi connectivity index (χ3v) is 5.80. The van der Waals surface area contributed by atoms with Crippen LogP contribution in [0.25, 0.3) is 0 Å². The van der Waals surface area contributed by atoms with E-state index in [1.165, 1.54) is 12.1 Å². The summed E-state index contributed by atoms with van der Waals surface area (Å²) in [5.41, 5.74) is -3.79. The van der Waals surface area contributed by atoms with E-state index in [2.05, 4.69) is 0 Å². The molecule has 2 fully saturated rings. The van der Waals surface area contributed by atoms with Crippen molar-refractivity contribution < 1.29 is 27.5 Å². The average Bonchev–Trinajstić information content (AvgIpc) is 3.19. The van der Waals surface area contributed by atoms with Gasteiger partial charge in [0.15, 0.2) is 0 Å². The number of alkyl halides is 3. The summed E-state index contributed by atoms with van der Waals surface area (Å²) in [6.07, 6.45) is -0.771.